The standard InChI is InChI=1S/C11H16N2OS/c1-8(15-2)7-13-11(14)9-3-5-10(12)6-4-9/h3-6,8H,7,12H2,1-2H3,(H,13,14). The van der Waals surface area contributed by atoms with Gasteiger partial charge in [0.25, 0.3) is 5.91 Å². The quantitative estimate of drug-likeness (QED) is 0.766. The first-order chi connectivity index (χ1) is 7.13. The van der Waals surface area contributed by atoms with E-state index in [4.69, 9.17) is 5.73 Å². The second-order valence-electron chi connectivity index (χ2n) is 3.38. The monoisotopic (exact) mass is 224 g/mol. The molecule has 1 aromatic carbocycles. The minimum atomic E-state index is -0.0455. The lowest BCUT2D eigenvalue weighted by Crippen LogP contribution is -2.29. The largest absolute Gasteiger partial charge is 0.399 e. The predicted octanol–water partition coefficient (Wildman–Crippen LogP) is 1.75. The molecule has 1 aromatic rings. The van der Waals surface area contributed by atoms with Gasteiger partial charge in [-0.2, -0.15) is 11.8 Å². The normalized spacial score (nSPS) is 12.1. The first-order valence-electron chi connectivity index (χ1n) is 4.80. The summed E-state index contributed by atoms with van der Waals surface area (Å²) in [4.78, 5) is 11.6. The minimum absolute atomic E-state index is 0.0455. The van der Waals surface area contributed by atoms with Gasteiger partial charge in [-0.05, 0) is 30.5 Å². The maximum Gasteiger partial charge on any atom is 0.251 e. The SMILES string of the molecule is CSC(C)CNC(=O)c1ccc(N)cc1. The molecule has 0 radical (unpaired) electrons. The molecule has 1 atom stereocenters. The number of hydrogen-bond donors (Lipinski definition) is 2. The molecule has 0 aromatic heterocycles. The lowest BCUT2D eigenvalue weighted by atomic mass is 10.2. The number of carbonyl (C=O) groups excluding carboxylic acids is 1. The third kappa shape index (κ3) is 3.83. The Balaban J connectivity index is 2.50. The minimum Gasteiger partial charge on any atom is -0.399 e. The van der Waals surface area contributed by atoms with Crippen LogP contribution in [0, 0.1) is 0 Å². The average molecular weight is 224 g/mol. The molecule has 15 heavy (non-hydrogen) atoms. The Morgan fingerprint density at radius 2 is 2.07 bits per heavy atom. The Hall–Kier alpha value is -1.16. The highest BCUT2D eigenvalue weighted by atomic mass is 32.2. The summed E-state index contributed by atoms with van der Waals surface area (Å²) in [5.41, 5.74) is 6.86. The highest BCUT2D eigenvalue weighted by molar-refractivity contribution is 7.99. The molecule has 1 unspecified atom stereocenters. The highest BCUT2D eigenvalue weighted by Gasteiger charge is 2.06. The van der Waals surface area contributed by atoms with Crippen molar-refractivity contribution in [1.29, 1.82) is 0 Å². The Morgan fingerprint density at radius 3 is 2.60 bits per heavy atom. The maximum absolute atomic E-state index is 11.6. The van der Waals surface area contributed by atoms with E-state index in [-0.39, 0.29) is 5.91 Å². The van der Waals surface area contributed by atoms with Crippen molar-refractivity contribution in [1.82, 2.24) is 5.32 Å². The second-order valence-corrected chi connectivity index (χ2v) is 4.65. The van der Waals surface area contributed by atoms with Crippen LogP contribution in [0.15, 0.2) is 24.3 Å². The van der Waals surface area contributed by atoms with Crippen LogP contribution < -0.4 is 11.1 Å². The second kappa shape index (κ2) is 5.66. The fraction of sp³-hybridized carbons (Fsp3) is 0.364. The summed E-state index contributed by atoms with van der Waals surface area (Å²) in [5, 5.41) is 3.30. The van der Waals surface area contributed by atoms with Crippen molar-refractivity contribution in [2.75, 3.05) is 18.5 Å². The Bertz CT molecular complexity index is 324. The molecule has 1 amide bonds. The Labute approximate surface area is 94.4 Å². The number of benzene rings is 1. The van der Waals surface area contributed by atoms with E-state index in [0.29, 0.717) is 23.0 Å². The van der Waals surface area contributed by atoms with Gasteiger partial charge in [0.1, 0.15) is 0 Å². The van der Waals surface area contributed by atoms with E-state index in [0.717, 1.165) is 0 Å². The summed E-state index contributed by atoms with van der Waals surface area (Å²) in [6.07, 6.45) is 2.03. The Morgan fingerprint density at radius 1 is 1.47 bits per heavy atom. The molecule has 82 valence electrons. The number of thioether (sulfide) groups is 1. The third-order valence-corrected chi connectivity index (χ3v) is 3.10. The number of nitrogens with one attached hydrogen (secondary N) is 1. The summed E-state index contributed by atoms with van der Waals surface area (Å²) in [6.45, 7) is 2.76. The van der Waals surface area contributed by atoms with Crippen LogP contribution >= 0.6 is 11.8 Å². The van der Waals surface area contributed by atoms with E-state index in [1.54, 1.807) is 36.0 Å². The van der Waals surface area contributed by atoms with Crippen molar-refractivity contribution in [3.63, 3.8) is 0 Å². The highest BCUT2D eigenvalue weighted by Crippen LogP contribution is 2.06. The zero-order chi connectivity index (χ0) is 11.3. The third-order valence-electron chi connectivity index (χ3n) is 2.13. The fourth-order valence-corrected chi connectivity index (χ4v) is 1.31. The molecule has 3 N–H and O–H groups in total. The van der Waals surface area contributed by atoms with Gasteiger partial charge in [-0.1, -0.05) is 6.92 Å². The lowest BCUT2D eigenvalue weighted by Gasteiger charge is -2.09. The molecule has 0 saturated carbocycles. The van der Waals surface area contributed by atoms with Crippen LogP contribution in [0.5, 0.6) is 0 Å². The van der Waals surface area contributed by atoms with Gasteiger partial charge in [0, 0.05) is 23.0 Å². The molecule has 3 nitrogen and oxygen atoms in total. The van der Waals surface area contributed by atoms with Crippen LogP contribution in [-0.4, -0.2) is 24.0 Å². The predicted molar refractivity (Wildman–Crippen MR) is 66.2 cm³/mol. The number of anilines is 1. The number of amides is 1. The summed E-state index contributed by atoms with van der Waals surface area (Å²) in [6, 6.07) is 6.92. The van der Waals surface area contributed by atoms with Crippen LogP contribution in [0.4, 0.5) is 5.69 Å². The number of nitrogen functional groups attached to an aromatic ring is 1. The molecular formula is C11H16N2OS. The summed E-state index contributed by atoms with van der Waals surface area (Å²) in [7, 11) is 0. The molecule has 4 heteroatoms. The van der Waals surface area contributed by atoms with Crippen molar-refractivity contribution in [2.24, 2.45) is 0 Å². The molecule has 0 fully saturated rings. The van der Waals surface area contributed by atoms with Crippen LogP contribution in [0.1, 0.15) is 17.3 Å². The van der Waals surface area contributed by atoms with E-state index >= 15 is 0 Å². The summed E-state index contributed by atoms with van der Waals surface area (Å²) >= 11 is 1.73. The number of carbonyl (C=O) groups is 1. The summed E-state index contributed by atoms with van der Waals surface area (Å²) in [5.74, 6) is -0.0455. The van der Waals surface area contributed by atoms with Crippen LogP contribution in [0.2, 0.25) is 0 Å². The van der Waals surface area contributed by atoms with Crippen molar-refractivity contribution in [3.05, 3.63) is 29.8 Å². The van der Waals surface area contributed by atoms with Crippen molar-refractivity contribution in [3.8, 4) is 0 Å². The Kier molecular flexibility index (Phi) is 4.49. The molecule has 1 rings (SSSR count). The van der Waals surface area contributed by atoms with Crippen molar-refractivity contribution >= 4 is 23.4 Å². The van der Waals surface area contributed by atoms with Gasteiger partial charge in [0.05, 0.1) is 0 Å². The first kappa shape index (κ1) is 11.9. The zero-order valence-electron chi connectivity index (χ0n) is 8.99. The van der Waals surface area contributed by atoms with Crippen molar-refractivity contribution < 1.29 is 4.79 Å². The molecule has 0 saturated heterocycles. The molecule has 0 bridgehead atoms. The molecule has 0 aliphatic rings. The van der Waals surface area contributed by atoms with E-state index in [1.165, 1.54) is 0 Å². The van der Waals surface area contributed by atoms with Gasteiger partial charge in [-0.15, -0.1) is 0 Å². The molecule has 0 aliphatic heterocycles. The van der Waals surface area contributed by atoms with Gasteiger partial charge in [-0.3, -0.25) is 4.79 Å². The van der Waals surface area contributed by atoms with Crippen LogP contribution in [-0.2, 0) is 0 Å². The maximum atomic E-state index is 11.6. The van der Waals surface area contributed by atoms with Gasteiger partial charge < -0.3 is 11.1 Å². The molecule has 0 spiro atoms. The zero-order valence-corrected chi connectivity index (χ0v) is 9.80. The van der Waals surface area contributed by atoms with Gasteiger partial charge in [0.2, 0.25) is 0 Å². The molecule has 0 aliphatic carbocycles. The number of hydrogen-bond acceptors (Lipinski definition) is 3. The number of rotatable bonds is 4. The molecular weight excluding hydrogens is 208 g/mol. The first-order valence-corrected chi connectivity index (χ1v) is 6.09. The average Bonchev–Trinajstić information content (AvgIpc) is 2.26. The van der Waals surface area contributed by atoms with E-state index in [1.807, 2.05) is 6.26 Å². The van der Waals surface area contributed by atoms with Crippen LogP contribution in [0.3, 0.4) is 0 Å². The smallest absolute Gasteiger partial charge is 0.251 e. The van der Waals surface area contributed by atoms with E-state index < -0.39 is 0 Å². The topological polar surface area (TPSA) is 55.1 Å². The van der Waals surface area contributed by atoms with E-state index in [9.17, 15) is 4.79 Å². The lowest BCUT2D eigenvalue weighted by molar-refractivity contribution is 0.0954. The van der Waals surface area contributed by atoms with Crippen LogP contribution in [0.25, 0.3) is 0 Å². The molecule has 0 heterocycles. The van der Waals surface area contributed by atoms with Gasteiger partial charge >= 0.3 is 0 Å². The number of nitrogens with two attached hydrogens (primary N) is 1. The van der Waals surface area contributed by atoms with Crippen molar-refractivity contribution in [2.45, 2.75) is 12.2 Å². The summed E-state index contributed by atoms with van der Waals surface area (Å²) < 4.78 is 0. The van der Waals surface area contributed by atoms with E-state index in [2.05, 4.69) is 12.2 Å². The van der Waals surface area contributed by atoms with Gasteiger partial charge in [0.15, 0.2) is 0 Å². The van der Waals surface area contributed by atoms with Gasteiger partial charge in [-0.25, -0.2) is 0 Å². The fourth-order valence-electron chi connectivity index (χ4n) is 1.06.